The second kappa shape index (κ2) is 13.3. The first-order valence-corrected chi connectivity index (χ1v) is 12.2. The maximum Gasteiger partial charge on any atom is 0.408 e. The maximum atomic E-state index is 13.2. The summed E-state index contributed by atoms with van der Waals surface area (Å²) in [6.07, 6.45) is 3.36. The third-order valence-electron chi connectivity index (χ3n) is 5.68. The third kappa shape index (κ3) is 8.44. The standard InChI is InChI=1S/C26H33N5O5/c1-17(2)14-21(31-26(35)36-16-18-8-4-3-5-9-18)24(33)30-20-15-22-27-13-11-19(29-22)10-6-7-12-28-25(34)23(20)32/h3-5,8-9,11,13,17,20-21H,6-7,10,12,14-16H2,1-2H3,(H,28,34)(H,30,33)(H,31,35). The van der Waals surface area contributed by atoms with Crippen LogP contribution in [0.2, 0.25) is 0 Å². The van der Waals surface area contributed by atoms with Gasteiger partial charge in [-0.25, -0.2) is 14.8 Å². The van der Waals surface area contributed by atoms with E-state index in [-0.39, 0.29) is 18.9 Å². The molecule has 1 aromatic heterocycles. The highest BCUT2D eigenvalue weighted by atomic mass is 16.5. The zero-order valence-corrected chi connectivity index (χ0v) is 20.7. The van der Waals surface area contributed by atoms with Gasteiger partial charge in [-0.2, -0.15) is 0 Å². The van der Waals surface area contributed by atoms with E-state index in [1.807, 2.05) is 50.2 Å². The molecule has 2 aromatic rings. The van der Waals surface area contributed by atoms with Crippen molar-refractivity contribution in [2.45, 2.75) is 64.6 Å². The number of rotatable bonds is 7. The Kier molecular flexibility index (Phi) is 9.91. The lowest BCUT2D eigenvalue weighted by Gasteiger charge is -2.23. The van der Waals surface area contributed by atoms with Gasteiger partial charge in [0.2, 0.25) is 11.7 Å². The van der Waals surface area contributed by atoms with Crippen molar-refractivity contribution in [3.8, 4) is 0 Å². The summed E-state index contributed by atoms with van der Waals surface area (Å²) in [5.74, 6) is -1.73. The number of amides is 3. The Hall–Kier alpha value is -3.82. The molecular weight excluding hydrogens is 462 g/mol. The molecule has 0 radical (unpaired) electrons. The SMILES string of the molecule is CC(C)CC(NC(=O)OCc1ccccc1)C(=O)NC1Cc2nccc(n2)CCCCNC(=O)C1=O. The van der Waals surface area contributed by atoms with Crippen LogP contribution in [0, 0.1) is 5.92 Å². The highest BCUT2D eigenvalue weighted by molar-refractivity contribution is 6.38. The number of nitrogens with one attached hydrogen (secondary N) is 3. The first kappa shape index (κ1) is 26.8. The molecule has 10 heteroatoms. The smallest absolute Gasteiger partial charge is 0.408 e. The first-order valence-electron chi connectivity index (χ1n) is 12.2. The number of carbonyl (C=O) groups excluding carboxylic acids is 4. The molecule has 0 saturated carbocycles. The van der Waals surface area contributed by atoms with E-state index in [0.717, 1.165) is 24.1 Å². The van der Waals surface area contributed by atoms with Crippen LogP contribution in [-0.2, 0) is 38.6 Å². The minimum absolute atomic E-state index is 0.0430. The van der Waals surface area contributed by atoms with Crippen LogP contribution in [0.25, 0.3) is 0 Å². The second-order valence-corrected chi connectivity index (χ2v) is 9.19. The minimum Gasteiger partial charge on any atom is -0.445 e. The van der Waals surface area contributed by atoms with Gasteiger partial charge in [0.25, 0.3) is 5.91 Å². The van der Waals surface area contributed by atoms with Crippen LogP contribution in [-0.4, -0.2) is 52.3 Å². The summed E-state index contributed by atoms with van der Waals surface area (Å²) in [4.78, 5) is 59.7. The summed E-state index contributed by atoms with van der Waals surface area (Å²) in [6, 6.07) is 8.85. The molecule has 2 unspecified atom stereocenters. The number of hydrogen-bond donors (Lipinski definition) is 3. The Morgan fingerprint density at radius 3 is 2.67 bits per heavy atom. The number of hydrogen-bond acceptors (Lipinski definition) is 7. The fourth-order valence-electron chi connectivity index (χ4n) is 3.83. The molecule has 10 nitrogen and oxygen atoms in total. The molecular formula is C26H33N5O5. The van der Waals surface area contributed by atoms with Gasteiger partial charge in [-0.3, -0.25) is 14.4 Å². The molecule has 1 aliphatic rings. The summed E-state index contributed by atoms with van der Waals surface area (Å²) >= 11 is 0. The van der Waals surface area contributed by atoms with Crippen LogP contribution in [0.1, 0.15) is 50.2 Å². The van der Waals surface area contributed by atoms with Crippen LogP contribution in [0.5, 0.6) is 0 Å². The van der Waals surface area contributed by atoms with Crippen LogP contribution in [0.15, 0.2) is 42.6 Å². The predicted molar refractivity (Wildman–Crippen MR) is 132 cm³/mol. The molecule has 2 bridgehead atoms. The van der Waals surface area contributed by atoms with Crippen molar-refractivity contribution in [3.05, 3.63) is 59.7 Å². The molecule has 3 amide bonds. The van der Waals surface area contributed by atoms with Gasteiger partial charge in [-0.15, -0.1) is 0 Å². The van der Waals surface area contributed by atoms with E-state index >= 15 is 0 Å². The number of carbonyl (C=O) groups is 4. The number of fused-ring (bicyclic) bond motifs is 2. The average Bonchev–Trinajstić information content (AvgIpc) is 2.86. The number of ether oxygens (including phenoxy) is 1. The molecule has 0 aliphatic carbocycles. The first-order chi connectivity index (χ1) is 17.3. The van der Waals surface area contributed by atoms with Crippen molar-refractivity contribution < 1.29 is 23.9 Å². The topological polar surface area (TPSA) is 139 Å². The highest BCUT2D eigenvalue weighted by Crippen LogP contribution is 2.10. The van der Waals surface area contributed by atoms with Crippen molar-refractivity contribution >= 4 is 23.7 Å². The molecule has 3 rings (SSSR count). The summed E-state index contributed by atoms with van der Waals surface area (Å²) in [6.45, 7) is 4.22. The summed E-state index contributed by atoms with van der Waals surface area (Å²) in [5.41, 5.74) is 1.65. The van der Waals surface area contributed by atoms with E-state index in [1.165, 1.54) is 0 Å². The normalized spacial score (nSPS) is 17.2. The molecule has 2 atom stereocenters. The number of aryl methyl sites for hydroxylation is 1. The van der Waals surface area contributed by atoms with E-state index in [1.54, 1.807) is 6.20 Å². The molecule has 0 saturated heterocycles. The fraction of sp³-hybridized carbons (Fsp3) is 0.462. The van der Waals surface area contributed by atoms with Crippen molar-refractivity contribution in [2.24, 2.45) is 5.92 Å². The van der Waals surface area contributed by atoms with Crippen LogP contribution >= 0.6 is 0 Å². The van der Waals surface area contributed by atoms with E-state index < -0.39 is 35.8 Å². The number of ketones is 1. The summed E-state index contributed by atoms with van der Waals surface area (Å²) < 4.78 is 5.26. The maximum absolute atomic E-state index is 13.2. The van der Waals surface area contributed by atoms with E-state index in [2.05, 4.69) is 25.9 Å². The van der Waals surface area contributed by atoms with Gasteiger partial charge in [0.15, 0.2) is 0 Å². The number of alkyl carbamates (subject to hydrolysis) is 1. The lowest BCUT2D eigenvalue weighted by atomic mass is 10.0. The van der Waals surface area contributed by atoms with E-state index in [9.17, 15) is 19.2 Å². The average molecular weight is 496 g/mol. The van der Waals surface area contributed by atoms with E-state index in [4.69, 9.17) is 4.74 Å². The van der Waals surface area contributed by atoms with Crippen LogP contribution in [0.3, 0.4) is 0 Å². The molecule has 1 aliphatic heterocycles. The molecule has 0 spiro atoms. The Morgan fingerprint density at radius 1 is 1.14 bits per heavy atom. The molecule has 3 N–H and O–H groups in total. The zero-order chi connectivity index (χ0) is 25.9. The van der Waals surface area contributed by atoms with Crippen LogP contribution < -0.4 is 16.0 Å². The van der Waals surface area contributed by atoms with Crippen molar-refractivity contribution in [2.75, 3.05) is 6.54 Å². The lowest BCUT2D eigenvalue weighted by Crippen LogP contribution is -2.55. The van der Waals surface area contributed by atoms with Gasteiger partial charge in [0, 0.05) is 24.9 Å². The number of aromatic nitrogens is 2. The fourth-order valence-corrected chi connectivity index (χ4v) is 3.83. The Labute approximate surface area is 210 Å². The summed E-state index contributed by atoms with van der Waals surface area (Å²) in [7, 11) is 0. The minimum atomic E-state index is -1.18. The molecule has 2 heterocycles. The Bertz CT molecular complexity index is 1060. The van der Waals surface area contributed by atoms with Crippen molar-refractivity contribution in [1.29, 1.82) is 0 Å². The van der Waals surface area contributed by atoms with Crippen LogP contribution in [0.4, 0.5) is 4.79 Å². The molecule has 1 aromatic carbocycles. The predicted octanol–water partition coefficient (Wildman–Crippen LogP) is 1.87. The zero-order valence-electron chi connectivity index (χ0n) is 20.7. The van der Waals surface area contributed by atoms with Crippen molar-refractivity contribution in [3.63, 3.8) is 0 Å². The highest BCUT2D eigenvalue weighted by Gasteiger charge is 2.31. The monoisotopic (exact) mass is 495 g/mol. The van der Waals surface area contributed by atoms with Gasteiger partial charge >= 0.3 is 6.09 Å². The largest absolute Gasteiger partial charge is 0.445 e. The quantitative estimate of drug-likeness (QED) is 0.498. The lowest BCUT2D eigenvalue weighted by molar-refractivity contribution is -0.140. The van der Waals surface area contributed by atoms with E-state index in [0.29, 0.717) is 25.2 Å². The number of benzene rings is 1. The Morgan fingerprint density at radius 2 is 1.92 bits per heavy atom. The molecule has 0 fully saturated rings. The number of nitrogens with zero attached hydrogens (tertiary/aromatic N) is 2. The van der Waals surface area contributed by atoms with Gasteiger partial charge in [-0.05, 0) is 43.2 Å². The van der Waals surface area contributed by atoms with Crippen molar-refractivity contribution in [1.82, 2.24) is 25.9 Å². The van der Waals surface area contributed by atoms with Gasteiger partial charge in [-0.1, -0.05) is 44.2 Å². The Balaban J connectivity index is 1.72. The summed E-state index contributed by atoms with van der Waals surface area (Å²) in [5, 5.41) is 7.85. The van der Waals surface area contributed by atoms with Gasteiger partial charge < -0.3 is 20.7 Å². The molecule has 36 heavy (non-hydrogen) atoms. The number of Topliss-reactive ketones (excluding diaryl/α,β-unsaturated/α-hetero) is 1. The molecule has 192 valence electrons. The second-order valence-electron chi connectivity index (χ2n) is 9.19. The third-order valence-corrected chi connectivity index (χ3v) is 5.68. The van der Waals surface area contributed by atoms with Gasteiger partial charge in [0.05, 0.1) is 0 Å². The van der Waals surface area contributed by atoms with Gasteiger partial charge in [0.1, 0.15) is 24.5 Å².